The van der Waals surface area contributed by atoms with E-state index in [1.807, 2.05) is 6.92 Å². The molecule has 37 heavy (non-hydrogen) atoms. The number of unbranched alkanes of at least 4 members (excludes halogenated alkanes) is 10. The second kappa shape index (κ2) is 18.4. The molecule has 0 heterocycles. The van der Waals surface area contributed by atoms with Gasteiger partial charge < -0.3 is 14.2 Å². The van der Waals surface area contributed by atoms with Crippen LogP contribution in [-0.4, -0.2) is 24.6 Å². The highest BCUT2D eigenvalue weighted by molar-refractivity contribution is 5.92. The van der Waals surface area contributed by atoms with Crippen molar-refractivity contribution in [2.75, 3.05) is 6.61 Å². The maximum atomic E-state index is 12.5. The summed E-state index contributed by atoms with van der Waals surface area (Å²) in [7, 11) is 0. The molecule has 0 N–H and O–H groups in total. The van der Waals surface area contributed by atoms with Crippen molar-refractivity contribution in [3.8, 4) is 11.5 Å². The first-order valence-electron chi connectivity index (χ1n) is 14.3. The normalized spacial score (nSPS) is 11.6. The first-order chi connectivity index (χ1) is 18.0. The maximum absolute atomic E-state index is 12.5. The van der Waals surface area contributed by atoms with E-state index in [9.17, 15) is 9.59 Å². The zero-order valence-electron chi connectivity index (χ0n) is 23.1. The van der Waals surface area contributed by atoms with E-state index in [1.165, 1.54) is 64.2 Å². The van der Waals surface area contributed by atoms with Crippen LogP contribution >= 0.6 is 0 Å². The second-order valence-electron chi connectivity index (χ2n) is 9.83. The quantitative estimate of drug-likeness (QED) is 0.107. The molecule has 0 spiro atoms. The van der Waals surface area contributed by atoms with Gasteiger partial charge in [-0.15, -0.1) is 0 Å². The first kappa shape index (κ1) is 30.4. The van der Waals surface area contributed by atoms with Gasteiger partial charge in [-0.3, -0.25) is 0 Å². The minimum Gasteiger partial charge on any atom is -0.494 e. The standard InChI is InChI=1S/C32H46O5/c1-4-6-8-10-12-14-16-26(3)36-31(33)27-19-23-30(24-20-27)37-32(34)28-17-21-29(22-18-28)35-25-15-13-11-9-7-5-2/h17-24,26H,4-16,25H2,1-3H3. The summed E-state index contributed by atoms with van der Waals surface area (Å²) in [5.41, 5.74) is 0.889. The molecule has 0 radical (unpaired) electrons. The first-order valence-corrected chi connectivity index (χ1v) is 14.3. The van der Waals surface area contributed by atoms with E-state index in [-0.39, 0.29) is 12.1 Å². The third-order valence-electron chi connectivity index (χ3n) is 6.43. The number of carbonyl (C=O) groups excluding carboxylic acids is 2. The average Bonchev–Trinajstić information content (AvgIpc) is 2.91. The molecule has 1 unspecified atom stereocenters. The largest absolute Gasteiger partial charge is 0.494 e. The Balaban J connectivity index is 1.71. The summed E-state index contributed by atoms with van der Waals surface area (Å²) in [4.78, 5) is 24.9. The van der Waals surface area contributed by atoms with Crippen LogP contribution in [-0.2, 0) is 4.74 Å². The third kappa shape index (κ3) is 12.8. The van der Waals surface area contributed by atoms with Gasteiger partial charge in [0.2, 0.25) is 0 Å². The minimum atomic E-state index is -0.453. The highest BCUT2D eigenvalue weighted by atomic mass is 16.5. The predicted octanol–water partition coefficient (Wildman–Crippen LogP) is 8.94. The van der Waals surface area contributed by atoms with E-state index < -0.39 is 5.97 Å². The fourth-order valence-electron chi connectivity index (χ4n) is 4.11. The minimum absolute atomic E-state index is 0.117. The molecule has 5 nitrogen and oxygen atoms in total. The van der Waals surface area contributed by atoms with Gasteiger partial charge in [0.1, 0.15) is 11.5 Å². The molecule has 0 saturated carbocycles. The van der Waals surface area contributed by atoms with Gasteiger partial charge in [0.05, 0.1) is 23.8 Å². The van der Waals surface area contributed by atoms with E-state index in [1.54, 1.807) is 48.5 Å². The number of carbonyl (C=O) groups is 2. The fraction of sp³-hybridized carbons (Fsp3) is 0.562. The molecule has 0 bridgehead atoms. The predicted molar refractivity (Wildman–Crippen MR) is 150 cm³/mol. The van der Waals surface area contributed by atoms with Crippen molar-refractivity contribution in [1.82, 2.24) is 0 Å². The van der Waals surface area contributed by atoms with Gasteiger partial charge in [-0.05, 0) is 74.7 Å². The zero-order valence-corrected chi connectivity index (χ0v) is 23.1. The molecule has 0 amide bonds. The molecule has 0 aromatic heterocycles. The number of ether oxygens (including phenoxy) is 3. The maximum Gasteiger partial charge on any atom is 0.343 e. The van der Waals surface area contributed by atoms with Crippen molar-refractivity contribution < 1.29 is 23.8 Å². The molecule has 204 valence electrons. The van der Waals surface area contributed by atoms with Crippen LogP contribution in [0.4, 0.5) is 0 Å². The van der Waals surface area contributed by atoms with Crippen LogP contribution < -0.4 is 9.47 Å². The molecular weight excluding hydrogens is 464 g/mol. The highest BCUT2D eigenvalue weighted by Gasteiger charge is 2.14. The lowest BCUT2D eigenvalue weighted by molar-refractivity contribution is 0.0319. The smallest absolute Gasteiger partial charge is 0.343 e. The number of rotatable bonds is 19. The number of benzene rings is 2. The lowest BCUT2D eigenvalue weighted by Gasteiger charge is -2.13. The highest BCUT2D eigenvalue weighted by Crippen LogP contribution is 2.19. The molecule has 0 fully saturated rings. The van der Waals surface area contributed by atoms with Crippen LogP contribution in [0.3, 0.4) is 0 Å². The summed E-state index contributed by atoms with van der Waals surface area (Å²) in [5, 5.41) is 0. The Morgan fingerprint density at radius 1 is 0.622 bits per heavy atom. The Kier molecular flexibility index (Phi) is 15.1. The number of esters is 2. The van der Waals surface area contributed by atoms with Gasteiger partial charge in [0.15, 0.2) is 0 Å². The fourth-order valence-corrected chi connectivity index (χ4v) is 4.11. The van der Waals surface area contributed by atoms with Crippen molar-refractivity contribution in [1.29, 1.82) is 0 Å². The number of hydrogen-bond acceptors (Lipinski definition) is 5. The lowest BCUT2D eigenvalue weighted by Crippen LogP contribution is -2.15. The Morgan fingerprint density at radius 2 is 1.11 bits per heavy atom. The van der Waals surface area contributed by atoms with Crippen molar-refractivity contribution >= 4 is 11.9 Å². The molecular formula is C32H46O5. The summed E-state index contributed by atoms with van der Waals surface area (Å²) < 4.78 is 16.8. The molecule has 0 saturated heterocycles. The summed E-state index contributed by atoms with van der Waals surface area (Å²) >= 11 is 0. The Labute approximate surface area is 223 Å². The van der Waals surface area contributed by atoms with Crippen molar-refractivity contribution in [2.24, 2.45) is 0 Å². The monoisotopic (exact) mass is 510 g/mol. The van der Waals surface area contributed by atoms with E-state index in [2.05, 4.69) is 13.8 Å². The van der Waals surface area contributed by atoms with Gasteiger partial charge >= 0.3 is 11.9 Å². The van der Waals surface area contributed by atoms with Crippen LogP contribution in [0.15, 0.2) is 48.5 Å². The summed E-state index contributed by atoms with van der Waals surface area (Å²) in [5.74, 6) is 0.321. The van der Waals surface area contributed by atoms with Gasteiger partial charge in [-0.1, -0.05) is 78.1 Å². The summed E-state index contributed by atoms with van der Waals surface area (Å²) in [6.07, 6.45) is 15.4. The third-order valence-corrected chi connectivity index (χ3v) is 6.43. The van der Waals surface area contributed by atoms with Crippen LogP contribution in [0.25, 0.3) is 0 Å². The topological polar surface area (TPSA) is 61.8 Å². The summed E-state index contributed by atoms with van der Waals surface area (Å²) in [6, 6.07) is 13.5. The SMILES string of the molecule is CCCCCCCCOc1ccc(C(=O)Oc2ccc(C(=O)OC(C)CCCCCCCC)cc2)cc1. The molecule has 0 aliphatic rings. The Hall–Kier alpha value is -2.82. The van der Waals surface area contributed by atoms with Crippen LogP contribution in [0.2, 0.25) is 0 Å². The van der Waals surface area contributed by atoms with Crippen LogP contribution in [0.5, 0.6) is 11.5 Å². The van der Waals surface area contributed by atoms with E-state index in [0.29, 0.717) is 23.5 Å². The molecule has 0 aliphatic heterocycles. The van der Waals surface area contributed by atoms with E-state index >= 15 is 0 Å². The van der Waals surface area contributed by atoms with E-state index in [4.69, 9.17) is 14.2 Å². The number of hydrogen-bond donors (Lipinski definition) is 0. The van der Waals surface area contributed by atoms with E-state index in [0.717, 1.165) is 25.0 Å². The zero-order chi connectivity index (χ0) is 26.7. The Morgan fingerprint density at radius 3 is 1.70 bits per heavy atom. The Bertz CT molecular complexity index is 888. The van der Waals surface area contributed by atoms with Crippen LogP contribution in [0.1, 0.15) is 125 Å². The van der Waals surface area contributed by atoms with Gasteiger partial charge in [0, 0.05) is 0 Å². The average molecular weight is 511 g/mol. The van der Waals surface area contributed by atoms with Crippen molar-refractivity contribution in [2.45, 2.75) is 110 Å². The molecule has 2 aromatic carbocycles. The van der Waals surface area contributed by atoms with Crippen molar-refractivity contribution in [3.05, 3.63) is 59.7 Å². The molecule has 2 aromatic rings. The van der Waals surface area contributed by atoms with Gasteiger partial charge in [0.25, 0.3) is 0 Å². The van der Waals surface area contributed by atoms with Gasteiger partial charge in [-0.25, -0.2) is 9.59 Å². The van der Waals surface area contributed by atoms with Gasteiger partial charge in [-0.2, -0.15) is 0 Å². The molecule has 1 atom stereocenters. The van der Waals surface area contributed by atoms with Crippen molar-refractivity contribution in [3.63, 3.8) is 0 Å². The second-order valence-corrected chi connectivity index (χ2v) is 9.83. The molecule has 0 aliphatic carbocycles. The summed E-state index contributed by atoms with van der Waals surface area (Å²) in [6.45, 7) is 7.05. The lowest BCUT2D eigenvalue weighted by atomic mass is 10.1. The molecule has 5 heteroatoms. The molecule has 2 rings (SSSR count). The van der Waals surface area contributed by atoms with Crippen LogP contribution in [0, 0.1) is 0 Å².